The average molecular weight is 797 g/mol. The summed E-state index contributed by atoms with van der Waals surface area (Å²) in [5, 5.41) is 2.48. The van der Waals surface area contributed by atoms with Crippen molar-refractivity contribution in [1.82, 2.24) is 20.0 Å². The number of imide groups is 1. The lowest BCUT2D eigenvalue weighted by Gasteiger charge is -2.42. The molecule has 0 saturated carbocycles. The topological polar surface area (TPSA) is 108 Å². The molecule has 3 atom stereocenters. The lowest BCUT2D eigenvalue weighted by Crippen LogP contribution is -2.47. The number of aryl methyl sites for hydroxylation is 1. The Balaban J connectivity index is 0.815. The maximum Gasteiger partial charge on any atom is 0.255 e. The number of carbonyl (C=O) groups is 3. The van der Waals surface area contributed by atoms with Gasteiger partial charge in [0.15, 0.2) is 11.5 Å². The fourth-order valence-electron chi connectivity index (χ4n) is 9.52. The van der Waals surface area contributed by atoms with Crippen molar-refractivity contribution < 1.29 is 28.1 Å². The molecule has 3 aromatic rings. The van der Waals surface area contributed by atoms with Gasteiger partial charge < -0.3 is 24.2 Å². The molecule has 10 nitrogen and oxygen atoms in total. The van der Waals surface area contributed by atoms with Gasteiger partial charge in [0.1, 0.15) is 0 Å². The summed E-state index contributed by atoms with van der Waals surface area (Å²) in [6.07, 6.45) is 12.1. The fraction of sp³-hybridized carbons (Fsp3) is 0.543. The number of rotatable bonds is 16. The van der Waals surface area contributed by atoms with E-state index in [9.17, 15) is 18.6 Å². The highest BCUT2D eigenvalue weighted by Crippen LogP contribution is 2.37. The molecule has 4 aliphatic rings. The summed E-state index contributed by atoms with van der Waals surface area (Å²) in [7, 11) is 0.511. The lowest BCUT2D eigenvalue weighted by atomic mass is 9.85. The van der Waals surface area contributed by atoms with E-state index in [-0.39, 0.29) is 29.7 Å². The number of unbranched alkanes of at least 4 members (excludes halogenated alkanes) is 2. The molecule has 57 heavy (non-hydrogen) atoms. The van der Waals surface area contributed by atoms with Crippen LogP contribution >= 0.6 is 0 Å². The number of likely N-dealkylation sites (tertiary alicyclic amines) is 2. The second-order valence-electron chi connectivity index (χ2n) is 16.4. The molecule has 3 amide bonds. The van der Waals surface area contributed by atoms with Crippen LogP contribution in [0, 0.1) is 0 Å². The molecule has 1 N–H and O–H groups in total. The minimum Gasteiger partial charge on any atom is -0.493 e. The summed E-state index contributed by atoms with van der Waals surface area (Å²) in [5.41, 5.74) is 6.35. The van der Waals surface area contributed by atoms with Crippen LogP contribution < -0.4 is 14.8 Å². The number of piperidine rings is 3. The number of fused-ring (bicyclic) bond motifs is 1. The van der Waals surface area contributed by atoms with Crippen molar-refractivity contribution in [3.05, 3.63) is 94.0 Å². The van der Waals surface area contributed by atoms with E-state index < -0.39 is 10.8 Å². The van der Waals surface area contributed by atoms with E-state index in [1.165, 1.54) is 62.7 Å². The number of hydrogen-bond donors (Lipinski definition) is 1. The molecule has 306 valence electrons. The first-order valence-electron chi connectivity index (χ1n) is 21.1. The molecule has 4 heterocycles. The van der Waals surface area contributed by atoms with Gasteiger partial charge in [-0.25, -0.2) is 0 Å². The van der Waals surface area contributed by atoms with Crippen molar-refractivity contribution in [2.24, 2.45) is 0 Å². The summed E-state index contributed by atoms with van der Waals surface area (Å²) in [6.45, 7) is 8.75. The molecule has 0 radical (unpaired) electrons. The van der Waals surface area contributed by atoms with Crippen molar-refractivity contribution in [2.75, 3.05) is 58.4 Å². The zero-order valence-corrected chi connectivity index (χ0v) is 34.8. The van der Waals surface area contributed by atoms with Crippen molar-refractivity contribution in [1.29, 1.82) is 0 Å². The third-order valence-corrected chi connectivity index (χ3v) is 13.5. The molecular weight excluding hydrogens is 737 g/mol. The molecule has 11 heteroatoms. The molecule has 3 unspecified atom stereocenters. The molecular formula is C46H60N4O6S. The maximum absolute atomic E-state index is 13.7. The first-order valence-corrected chi connectivity index (χ1v) is 22.9. The van der Waals surface area contributed by atoms with Crippen molar-refractivity contribution in [3.63, 3.8) is 0 Å². The first kappa shape index (κ1) is 41.1. The first-order chi connectivity index (χ1) is 27.7. The monoisotopic (exact) mass is 796 g/mol. The predicted molar refractivity (Wildman–Crippen MR) is 224 cm³/mol. The normalized spacial score (nSPS) is 21.0. The summed E-state index contributed by atoms with van der Waals surface area (Å²) < 4.78 is 23.8. The third-order valence-electron chi connectivity index (χ3n) is 12.7. The maximum atomic E-state index is 13.7. The minimum absolute atomic E-state index is 0.00955. The van der Waals surface area contributed by atoms with E-state index in [1.54, 1.807) is 13.4 Å². The third kappa shape index (κ3) is 9.98. The molecule has 0 bridgehead atoms. The molecule has 0 aliphatic carbocycles. The van der Waals surface area contributed by atoms with Gasteiger partial charge >= 0.3 is 0 Å². The van der Waals surface area contributed by atoms with Gasteiger partial charge in [-0.3, -0.25) is 23.9 Å². The zero-order valence-electron chi connectivity index (χ0n) is 34.0. The van der Waals surface area contributed by atoms with Gasteiger partial charge in [-0.2, -0.15) is 0 Å². The van der Waals surface area contributed by atoms with E-state index in [0.717, 1.165) is 54.7 Å². The Hall–Kier alpha value is -4.06. The van der Waals surface area contributed by atoms with Crippen molar-refractivity contribution in [2.45, 2.75) is 102 Å². The Kier molecular flexibility index (Phi) is 13.8. The number of benzene rings is 3. The number of carbonyl (C=O) groups excluding carboxylic acids is 3. The summed E-state index contributed by atoms with van der Waals surface area (Å²) in [4.78, 5) is 44.8. The van der Waals surface area contributed by atoms with E-state index in [1.807, 2.05) is 36.1 Å². The Morgan fingerprint density at radius 3 is 2.30 bits per heavy atom. The highest BCUT2D eigenvalue weighted by molar-refractivity contribution is 7.84. The van der Waals surface area contributed by atoms with E-state index in [2.05, 4.69) is 51.5 Å². The second-order valence-corrected chi connectivity index (χ2v) is 17.9. The summed E-state index contributed by atoms with van der Waals surface area (Å²) >= 11 is 0. The molecule has 3 aromatic carbocycles. The quantitative estimate of drug-likeness (QED) is 0.126. The van der Waals surface area contributed by atoms with Crippen molar-refractivity contribution in [3.8, 4) is 11.5 Å². The van der Waals surface area contributed by atoms with Crippen LogP contribution in [0.4, 0.5) is 0 Å². The largest absolute Gasteiger partial charge is 0.493 e. The van der Waals surface area contributed by atoms with Crippen LogP contribution in [0.25, 0.3) is 0 Å². The van der Waals surface area contributed by atoms with Gasteiger partial charge in [-0.1, -0.05) is 48.9 Å². The molecule has 3 fully saturated rings. The van der Waals surface area contributed by atoms with Gasteiger partial charge in [-0.15, -0.1) is 0 Å². The van der Waals surface area contributed by atoms with Crippen LogP contribution in [0.5, 0.6) is 11.5 Å². The van der Waals surface area contributed by atoms with Gasteiger partial charge in [0.25, 0.3) is 5.91 Å². The van der Waals surface area contributed by atoms with Gasteiger partial charge in [0.2, 0.25) is 11.8 Å². The van der Waals surface area contributed by atoms with Crippen molar-refractivity contribution >= 4 is 28.5 Å². The van der Waals surface area contributed by atoms with Gasteiger partial charge in [0, 0.05) is 47.4 Å². The number of ether oxygens (including phenoxy) is 2. The van der Waals surface area contributed by atoms with Crippen LogP contribution in [0.3, 0.4) is 0 Å². The number of amides is 3. The standard InChI is InChI=1S/C46H60N4O6S/c1-4-56-43-29-36(14-17-42(43)55-2)41(31-57(3)54)50-30-37-28-32(9-15-40(37)46(50)53)8-6-5-7-23-48-24-21-38(22-25-48)49-26-19-34(20-27-49)33-10-12-35(13-11-33)39-16-18-44(51)47-45(39)52/h9-15,17,28-29,34,38-39,41H,4-8,16,18-27,30-31H2,1-3H3,(H,47,51,52). The fourth-order valence-corrected chi connectivity index (χ4v) is 10.3. The number of nitrogens with one attached hydrogen (secondary N) is 1. The molecule has 3 saturated heterocycles. The van der Waals surface area contributed by atoms with E-state index in [4.69, 9.17) is 9.47 Å². The minimum atomic E-state index is -1.10. The number of methoxy groups -OCH3 is 1. The van der Waals surface area contributed by atoms with Crippen LogP contribution in [-0.2, 0) is 33.4 Å². The second kappa shape index (κ2) is 19.1. The van der Waals surface area contributed by atoms with Crippen LogP contribution in [-0.4, -0.2) is 101 Å². The van der Waals surface area contributed by atoms with E-state index in [0.29, 0.717) is 55.2 Å². The Labute approximate surface area is 341 Å². The van der Waals surface area contributed by atoms with Crippen LogP contribution in [0.15, 0.2) is 60.7 Å². The molecule has 0 aromatic heterocycles. The van der Waals surface area contributed by atoms with E-state index >= 15 is 0 Å². The number of nitrogens with zero attached hydrogens (tertiary/aromatic N) is 3. The van der Waals surface area contributed by atoms with Crippen LogP contribution in [0.2, 0.25) is 0 Å². The highest BCUT2D eigenvalue weighted by atomic mass is 32.2. The molecule has 0 spiro atoms. The summed E-state index contributed by atoms with van der Waals surface area (Å²) in [6, 6.07) is 21.0. The summed E-state index contributed by atoms with van der Waals surface area (Å²) in [5.74, 6) is 1.63. The average Bonchev–Trinajstić information content (AvgIpc) is 3.55. The number of hydrogen-bond acceptors (Lipinski definition) is 8. The van der Waals surface area contributed by atoms with Crippen LogP contribution in [0.1, 0.15) is 121 Å². The Morgan fingerprint density at radius 1 is 0.842 bits per heavy atom. The smallest absolute Gasteiger partial charge is 0.255 e. The van der Waals surface area contributed by atoms with Gasteiger partial charge in [-0.05, 0) is 143 Å². The Bertz CT molecular complexity index is 1900. The van der Waals surface area contributed by atoms with Gasteiger partial charge in [0.05, 0.1) is 25.7 Å². The predicted octanol–water partition coefficient (Wildman–Crippen LogP) is 6.75. The zero-order chi connectivity index (χ0) is 39.9. The molecule has 4 aliphatic heterocycles. The lowest BCUT2D eigenvalue weighted by molar-refractivity contribution is -0.134. The highest BCUT2D eigenvalue weighted by Gasteiger charge is 2.35. The SMILES string of the molecule is CCOc1cc(C(CS(C)=O)N2Cc3cc(CCCCCN4CCC(N5CCC(c6ccc(C7CCC(=O)NC7=O)cc6)CC5)CC4)ccc3C2=O)ccc1OC. The Morgan fingerprint density at radius 2 is 1.60 bits per heavy atom. The molecule has 7 rings (SSSR count).